The normalized spacial score (nSPS) is 11.9. The molecule has 2 nitrogen and oxygen atoms in total. The lowest BCUT2D eigenvalue weighted by molar-refractivity contribution is -0.231. The molecule has 0 fully saturated rings. The minimum absolute atomic E-state index is 0.119. The van der Waals surface area contributed by atoms with Crippen LogP contribution in [0.4, 0.5) is 8.78 Å². The number of alkyl halides is 2. The highest BCUT2D eigenvalue weighted by atomic mass is 19.3. The first-order valence-corrected chi connectivity index (χ1v) is 4.91. The number of nitrogens with zero attached hydrogens (tertiary/aromatic N) is 1. The molecule has 0 saturated carbocycles. The summed E-state index contributed by atoms with van der Waals surface area (Å²) in [6, 6.07) is 8.99. The fraction of sp³-hybridized carbons (Fsp3) is 0.250. The van der Waals surface area contributed by atoms with Crippen molar-refractivity contribution >= 4 is 10.9 Å². The Balaban J connectivity index is 2.30. The maximum atomic E-state index is 12.6. The van der Waals surface area contributed by atoms with Crippen LogP contribution in [0.25, 0.3) is 10.9 Å². The maximum absolute atomic E-state index is 12.6. The largest absolute Gasteiger partial charge is 0.353 e. The van der Waals surface area contributed by atoms with Gasteiger partial charge in [0.1, 0.15) is 0 Å². The fourth-order valence-electron chi connectivity index (χ4n) is 1.50. The molecule has 1 aromatic carbocycles. The van der Waals surface area contributed by atoms with Crippen LogP contribution >= 0.6 is 0 Å². The van der Waals surface area contributed by atoms with E-state index in [1.54, 1.807) is 24.4 Å². The predicted molar refractivity (Wildman–Crippen MR) is 57.2 cm³/mol. The van der Waals surface area contributed by atoms with Crippen molar-refractivity contribution in [3.05, 3.63) is 42.1 Å². The van der Waals surface area contributed by atoms with E-state index in [0.717, 1.165) is 17.8 Å². The van der Waals surface area contributed by atoms with Gasteiger partial charge in [-0.1, -0.05) is 18.2 Å². The summed E-state index contributed by atoms with van der Waals surface area (Å²) >= 11 is 0. The summed E-state index contributed by atoms with van der Waals surface area (Å²) in [7, 11) is 0. The van der Waals surface area contributed by atoms with Gasteiger partial charge in [-0.25, -0.2) is 0 Å². The summed E-state index contributed by atoms with van der Waals surface area (Å²) in [5.41, 5.74) is 1.50. The number of fused-ring (bicyclic) bond motifs is 1. The summed E-state index contributed by atoms with van der Waals surface area (Å²) in [5.74, 6) is 0. The van der Waals surface area contributed by atoms with Crippen LogP contribution in [0, 0.1) is 0 Å². The van der Waals surface area contributed by atoms with Crippen LogP contribution in [-0.4, -0.2) is 11.1 Å². The molecule has 84 valence electrons. The molecule has 0 N–H and O–H groups in total. The quantitative estimate of drug-likeness (QED) is 0.795. The zero-order valence-electron chi connectivity index (χ0n) is 8.78. The fourth-order valence-corrected chi connectivity index (χ4v) is 1.50. The predicted octanol–water partition coefficient (Wildman–Crippen LogP) is 3.36. The van der Waals surface area contributed by atoms with Crippen molar-refractivity contribution in [2.75, 3.05) is 0 Å². The molecule has 0 aliphatic heterocycles. The van der Waals surface area contributed by atoms with Gasteiger partial charge in [0.15, 0.2) is 0 Å². The zero-order valence-corrected chi connectivity index (χ0v) is 8.78. The van der Waals surface area contributed by atoms with Crippen LogP contribution in [0.1, 0.15) is 12.5 Å². The summed E-state index contributed by atoms with van der Waals surface area (Å²) in [4.78, 5) is 4.14. The van der Waals surface area contributed by atoms with Crippen LogP contribution < -0.4 is 0 Å². The Labute approximate surface area is 91.9 Å². The van der Waals surface area contributed by atoms with Crippen LogP contribution in [0.5, 0.6) is 0 Å². The van der Waals surface area contributed by atoms with Gasteiger partial charge in [-0.3, -0.25) is 4.98 Å². The molecule has 0 aliphatic rings. The smallest absolute Gasteiger partial charge is 0.316 e. The lowest BCUT2D eigenvalue weighted by Crippen LogP contribution is -2.14. The molecule has 16 heavy (non-hydrogen) atoms. The van der Waals surface area contributed by atoms with Crippen molar-refractivity contribution in [3.63, 3.8) is 0 Å². The summed E-state index contributed by atoms with van der Waals surface area (Å²) in [5, 5.41) is 0.842. The second-order valence-corrected chi connectivity index (χ2v) is 3.58. The number of hydrogen-bond donors (Lipinski definition) is 0. The van der Waals surface area contributed by atoms with Crippen LogP contribution in [0.2, 0.25) is 0 Å². The molecular formula is C12H11F2NO. The molecule has 2 aromatic rings. The van der Waals surface area contributed by atoms with Gasteiger partial charge in [-0.2, -0.15) is 8.78 Å². The van der Waals surface area contributed by atoms with Gasteiger partial charge in [0, 0.05) is 18.5 Å². The SMILES string of the molecule is CC(F)(F)OCc1cccc2ncccc12. The molecule has 1 heterocycles. The van der Waals surface area contributed by atoms with Crippen LogP contribution in [0.3, 0.4) is 0 Å². The van der Waals surface area contributed by atoms with Crippen molar-refractivity contribution in [2.24, 2.45) is 0 Å². The molecule has 1 aromatic heterocycles. The number of rotatable bonds is 3. The number of benzene rings is 1. The molecule has 0 saturated heterocycles. The van der Waals surface area contributed by atoms with Crippen LogP contribution in [-0.2, 0) is 11.3 Å². The summed E-state index contributed by atoms with van der Waals surface area (Å²) in [6.45, 7) is 0.614. The number of aromatic nitrogens is 1. The van der Waals surface area contributed by atoms with E-state index in [9.17, 15) is 8.78 Å². The Kier molecular flexibility index (Phi) is 2.83. The second kappa shape index (κ2) is 4.14. The Hall–Kier alpha value is -1.55. The third kappa shape index (κ3) is 2.52. The van der Waals surface area contributed by atoms with E-state index < -0.39 is 6.11 Å². The maximum Gasteiger partial charge on any atom is 0.353 e. The van der Waals surface area contributed by atoms with Gasteiger partial charge in [-0.15, -0.1) is 0 Å². The minimum atomic E-state index is -3.11. The lowest BCUT2D eigenvalue weighted by Gasteiger charge is -2.12. The zero-order chi connectivity index (χ0) is 11.6. The van der Waals surface area contributed by atoms with Gasteiger partial charge < -0.3 is 4.74 Å². The standard InChI is InChI=1S/C12H11F2NO/c1-12(13,14)16-8-9-4-2-6-11-10(9)5-3-7-15-11/h2-7H,8H2,1H3. The van der Waals surface area contributed by atoms with Crippen molar-refractivity contribution in [2.45, 2.75) is 19.6 Å². The van der Waals surface area contributed by atoms with E-state index in [-0.39, 0.29) is 6.61 Å². The van der Waals surface area contributed by atoms with Crippen molar-refractivity contribution in [3.8, 4) is 0 Å². The van der Waals surface area contributed by atoms with Crippen LogP contribution in [0.15, 0.2) is 36.5 Å². The van der Waals surface area contributed by atoms with Crippen molar-refractivity contribution < 1.29 is 13.5 Å². The molecule has 0 radical (unpaired) electrons. The van der Waals surface area contributed by atoms with E-state index >= 15 is 0 Å². The highest BCUT2D eigenvalue weighted by Crippen LogP contribution is 2.21. The summed E-state index contributed by atoms with van der Waals surface area (Å²) in [6.07, 6.45) is -1.44. The lowest BCUT2D eigenvalue weighted by atomic mass is 10.1. The summed E-state index contributed by atoms with van der Waals surface area (Å²) < 4.78 is 29.6. The second-order valence-electron chi connectivity index (χ2n) is 3.58. The average molecular weight is 223 g/mol. The van der Waals surface area contributed by atoms with Gasteiger partial charge in [-0.05, 0) is 17.7 Å². The number of pyridine rings is 1. The van der Waals surface area contributed by atoms with E-state index in [4.69, 9.17) is 0 Å². The third-order valence-electron chi connectivity index (χ3n) is 2.22. The van der Waals surface area contributed by atoms with Gasteiger partial charge >= 0.3 is 6.11 Å². The molecule has 0 aliphatic carbocycles. The van der Waals surface area contributed by atoms with Crippen molar-refractivity contribution in [1.82, 2.24) is 4.98 Å². The van der Waals surface area contributed by atoms with Crippen molar-refractivity contribution in [1.29, 1.82) is 0 Å². The number of halogens is 2. The molecule has 0 bridgehead atoms. The number of hydrogen-bond acceptors (Lipinski definition) is 2. The molecular weight excluding hydrogens is 212 g/mol. The van der Waals surface area contributed by atoms with E-state index in [2.05, 4.69) is 9.72 Å². The average Bonchev–Trinajstić information content (AvgIpc) is 2.25. The monoisotopic (exact) mass is 223 g/mol. The first kappa shape index (κ1) is 11.0. The highest BCUT2D eigenvalue weighted by Gasteiger charge is 2.21. The molecule has 2 rings (SSSR count). The Morgan fingerprint density at radius 1 is 1.25 bits per heavy atom. The van der Waals surface area contributed by atoms with E-state index in [1.807, 2.05) is 12.1 Å². The molecule has 4 heteroatoms. The molecule has 0 amide bonds. The third-order valence-corrected chi connectivity index (χ3v) is 2.22. The highest BCUT2D eigenvalue weighted by molar-refractivity contribution is 5.81. The van der Waals surface area contributed by atoms with E-state index in [0.29, 0.717) is 5.56 Å². The Morgan fingerprint density at radius 3 is 2.81 bits per heavy atom. The molecule has 0 spiro atoms. The van der Waals surface area contributed by atoms with Gasteiger partial charge in [0.25, 0.3) is 0 Å². The molecule has 0 unspecified atom stereocenters. The first-order valence-electron chi connectivity index (χ1n) is 4.91. The van der Waals surface area contributed by atoms with Gasteiger partial charge in [0.2, 0.25) is 0 Å². The number of ether oxygens (including phenoxy) is 1. The van der Waals surface area contributed by atoms with Gasteiger partial charge in [0.05, 0.1) is 12.1 Å². The van der Waals surface area contributed by atoms with E-state index in [1.165, 1.54) is 0 Å². The topological polar surface area (TPSA) is 22.1 Å². The first-order chi connectivity index (χ1) is 7.56. The molecule has 0 atom stereocenters. The Bertz CT molecular complexity index is 488. The minimum Gasteiger partial charge on any atom is -0.316 e. The Morgan fingerprint density at radius 2 is 2.06 bits per heavy atom.